The van der Waals surface area contributed by atoms with Crippen molar-refractivity contribution in [2.45, 2.75) is 50.5 Å². The van der Waals surface area contributed by atoms with E-state index in [1.165, 1.54) is 13.0 Å². The van der Waals surface area contributed by atoms with E-state index in [1.54, 1.807) is 37.3 Å². The van der Waals surface area contributed by atoms with Crippen molar-refractivity contribution < 1.29 is 17.6 Å². The number of sulfonamides is 1. The quantitative estimate of drug-likeness (QED) is 0.479. The molecule has 1 aliphatic carbocycles. The van der Waals surface area contributed by atoms with E-state index in [9.17, 15) is 18.0 Å². The van der Waals surface area contributed by atoms with Gasteiger partial charge in [-0.25, -0.2) is 13.2 Å². The van der Waals surface area contributed by atoms with Crippen LogP contribution in [0.1, 0.15) is 38.2 Å². The summed E-state index contributed by atoms with van der Waals surface area (Å²) in [5.74, 6) is -0.316. The molecule has 168 valence electrons. The van der Waals surface area contributed by atoms with E-state index in [-0.39, 0.29) is 22.5 Å². The van der Waals surface area contributed by atoms with Gasteiger partial charge >= 0.3 is 5.63 Å². The number of aryl methyl sites for hydroxylation is 1. The summed E-state index contributed by atoms with van der Waals surface area (Å²) in [5.41, 5.74) is 0.691. The van der Waals surface area contributed by atoms with E-state index in [4.69, 9.17) is 4.42 Å². The van der Waals surface area contributed by atoms with Gasteiger partial charge in [-0.1, -0.05) is 31.0 Å². The van der Waals surface area contributed by atoms with Gasteiger partial charge in [0.15, 0.2) is 5.69 Å². The van der Waals surface area contributed by atoms with Gasteiger partial charge in [0, 0.05) is 24.0 Å². The van der Waals surface area contributed by atoms with E-state index < -0.39 is 15.6 Å². The van der Waals surface area contributed by atoms with Gasteiger partial charge in [-0.05, 0) is 49.6 Å². The topological polar surface area (TPSA) is 118 Å². The first-order chi connectivity index (χ1) is 15.2. The Balaban J connectivity index is 1.80. The fraction of sp³-hybridized carbons (Fsp3) is 0.304. The lowest BCUT2D eigenvalue weighted by atomic mass is 10.1. The number of fused-ring (bicyclic) bond motifs is 1. The first-order valence-corrected chi connectivity index (χ1v) is 12.0. The molecule has 0 bridgehead atoms. The van der Waals surface area contributed by atoms with Crippen LogP contribution in [-0.4, -0.2) is 20.4 Å². The number of hydrogen-bond acceptors (Lipinski definition) is 6. The molecule has 32 heavy (non-hydrogen) atoms. The Morgan fingerprint density at radius 1 is 1.06 bits per heavy atom. The smallest absolute Gasteiger partial charge is 0.363 e. The van der Waals surface area contributed by atoms with Crippen LogP contribution in [-0.2, 0) is 14.8 Å². The van der Waals surface area contributed by atoms with Crippen molar-refractivity contribution >= 4 is 44.0 Å². The first-order valence-electron chi connectivity index (χ1n) is 10.5. The molecular formula is C23H25N3O5S. The Kier molecular flexibility index (Phi) is 5.92. The van der Waals surface area contributed by atoms with Crippen molar-refractivity contribution in [3.05, 3.63) is 58.4 Å². The number of para-hydroxylation sites is 1. The van der Waals surface area contributed by atoms with Gasteiger partial charge in [-0.2, -0.15) is 0 Å². The predicted octanol–water partition coefficient (Wildman–Crippen LogP) is 4.22. The van der Waals surface area contributed by atoms with Crippen LogP contribution in [0.25, 0.3) is 11.0 Å². The number of anilines is 3. The molecule has 9 heteroatoms. The second kappa shape index (κ2) is 8.66. The van der Waals surface area contributed by atoms with E-state index in [1.807, 2.05) is 6.07 Å². The van der Waals surface area contributed by atoms with Gasteiger partial charge in [0.05, 0.1) is 10.6 Å². The van der Waals surface area contributed by atoms with Crippen LogP contribution in [0.3, 0.4) is 0 Å². The normalized spacial score (nSPS) is 14.4. The lowest BCUT2D eigenvalue weighted by Crippen LogP contribution is -2.24. The molecule has 0 radical (unpaired) electrons. The highest BCUT2D eigenvalue weighted by molar-refractivity contribution is 7.92. The summed E-state index contributed by atoms with van der Waals surface area (Å²) >= 11 is 0. The maximum Gasteiger partial charge on any atom is 0.363 e. The molecule has 3 N–H and O–H groups in total. The van der Waals surface area contributed by atoms with Crippen LogP contribution in [0.15, 0.2) is 56.6 Å². The summed E-state index contributed by atoms with van der Waals surface area (Å²) in [7, 11) is -4.15. The molecule has 0 atom stereocenters. The van der Waals surface area contributed by atoms with Gasteiger partial charge < -0.3 is 15.1 Å². The summed E-state index contributed by atoms with van der Waals surface area (Å²) < 4.78 is 34.5. The second-order valence-corrected chi connectivity index (χ2v) is 9.68. The Morgan fingerprint density at radius 2 is 1.78 bits per heavy atom. The maximum atomic E-state index is 13.3. The molecule has 1 saturated carbocycles. The molecule has 4 rings (SSSR count). The van der Waals surface area contributed by atoms with Crippen molar-refractivity contribution in [3.8, 4) is 0 Å². The summed E-state index contributed by atoms with van der Waals surface area (Å²) in [6.45, 7) is 2.99. The second-order valence-electron chi connectivity index (χ2n) is 8.03. The van der Waals surface area contributed by atoms with Gasteiger partial charge in [-0.3, -0.25) is 9.52 Å². The van der Waals surface area contributed by atoms with Crippen LogP contribution in [0.5, 0.6) is 0 Å². The molecule has 1 aliphatic rings. The minimum Gasteiger partial charge on any atom is -0.421 e. The van der Waals surface area contributed by atoms with Crippen molar-refractivity contribution in [2.75, 3.05) is 15.4 Å². The zero-order chi connectivity index (χ0) is 22.9. The van der Waals surface area contributed by atoms with E-state index in [0.29, 0.717) is 27.9 Å². The number of hydrogen-bond donors (Lipinski definition) is 3. The molecule has 0 spiro atoms. The highest BCUT2D eigenvalue weighted by Crippen LogP contribution is 2.33. The van der Waals surface area contributed by atoms with Crippen LogP contribution in [0.2, 0.25) is 0 Å². The van der Waals surface area contributed by atoms with E-state index in [2.05, 4.69) is 15.4 Å². The zero-order valence-electron chi connectivity index (χ0n) is 17.9. The van der Waals surface area contributed by atoms with Crippen molar-refractivity contribution in [1.82, 2.24) is 0 Å². The minimum atomic E-state index is -4.15. The summed E-state index contributed by atoms with van der Waals surface area (Å²) in [6, 6.07) is 11.8. The van der Waals surface area contributed by atoms with E-state index >= 15 is 0 Å². The molecule has 1 fully saturated rings. The average Bonchev–Trinajstić information content (AvgIpc) is 3.24. The molecule has 2 aromatic carbocycles. The molecule has 1 aromatic heterocycles. The monoisotopic (exact) mass is 455 g/mol. The number of carbonyl (C=O) groups excluding carboxylic acids is 1. The van der Waals surface area contributed by atoms with Gasteiger partial charge in [0.2, 0.25) is 5.91 Å². The van der Waals surface area contributed by atoms with Gasteiger partial charge in [0.1, 0.15) is 5.58 Å². The third-order valence-electron chi connectivity index (χ3n) is 5.55. The molecule has 1 amide bonds. The Bertz CT molecular complexity index is 1340. The Labute approximate surface area is 186 Å². The standard InChI is InChI=1S/C23H25N3O5S/c1-14-11-12-17(24-15(2)27)13-20(14)32(29,30)26-22-21(25-16-7-3-4-8-16)18-9-5-6-10-19(18)31-23(22)28/h5-6,9-13,16,25-26H,3-4,7-8H2,1-2H3,(H,24,27). The number of benzene rings is 2. The fourth-order valence-electron chi connectivity index (χ4n) is 4.03. The number of amides is 1. The van der Waals surface area contributed by atoms with Crippen molar-refractivity contribution in [2.24, 2.45) is 0 Å². The number of carbonyl (C=O) groups is 1. The molecular weight excluding hydrogens is 430 g/mol. The van der Waals surface area contributed by atoms with Crippen molar-refractivity contribution in [1.29, 1.82) is 0 Å². The molecule has 0 unspecified atom stereocenters. The molecule has 1 heterocycles. The lowest BCUT2D eigenvalue weighted by molar-refractivity contribution is -0.114. The zero-order valence-corrected chi connectivity index (χ0v) is 18.7. The van der Waals surface area contributed by atoms with Crippen LogP contribution in [0, 0.1) is 6.92 Å². The van der Waals surface area contributed by atoms with Crippen LogP contribution >= 0.6 is 0 Å². The Morgan fingerprint density at radius 3 is 2.50 bits per heavy atom. The fourth-order valence-corrected chi connectivity index (χ4v) is 5.36. The molecule has 0 aliphatic heterocycles. The van der Waals surface area contributed by atoms with Crippen LogP contribution < -0.4 is 21.0 Å². The predicted molar refractivity (Wildman–Crippen MR) is 125 cm³/mol. The number of rotatable bonds is 6. The highest BCUT2D eigenvalue weighted by Gasteiger charge is 2.25. The number of nitrogens with one attached hydrogen (secondary N) is 3. The molecule has 0 saturated heterocycles. The van der Waals surface area contributed by atoms with Gasteiger partial charge in [0.25, 0.3) is 10.0 Å². The van der Waals surface area contributed by atoms with E-state index in [0.717, 1.165) is 25.7 Å². The van der Waals surface area contributed by atoms with Crippen molar-refractivity contribution in [3.63, 3.8) is 0 Å². The summed E-state index contributed by atoms with van der Waals surface area (Å²) in [6.07, 6.45) is 4.04. The first kappa shape index (κ1) is 21.9. The lowest BCUT2D eigenvalue weighted by Gasteiger charge is -2.19. The summed E-state index contributed by atoms with van der Waals surface area (Å²) in [5, 5.41) is 6.58. The molecule has 3 aromatic rings. The largest absolute Gasteiger partial charge is 0.421 e. The maximum absolute atomic E-state index is 13.3. The highest BCUT2D eigenvalue weighted by atomic mass is 32.2. The molecule has 8 nitrogen and oxygen atoms in total. The SMILES string of the molecule is CC(=O)Nc1ccc(C)c(S(=O)(=O)Nc2c(NC3CCCC3)c3ccccc3oc2=O)c1. The third kappa shape index (κ3) is 4.47. The minimum absolute atomic E-state index is 0.0388. The average molecular weight is 456 g/mol. The van der Waals surface area contributed by atoms with Gasteiger partial charge in [-0.15, -0.1) is 0 Å². The Hall–Kier alpha value is -3.33. The third-order valence-corrected chi connectivity index (χ3v) is 7.04. The van der Waals surface area contributed by atoms with Crippen LogP contribution in [0.4, 0.5) is 17.1 Å². The summed E-state index contributed by atoms with van der Waals surface area (Å²) in [4.78, 5) is 24.2.